The SMILES string of the molecule is C=C(C)[C@@H]1CC[C@@]2(CCC(=O)O2)[C@@H](OS(=O)(=O)c2ccc(C)cc2)C1. The molecule has 1 saturated carbocycles. The molecule has 0 aromatic heterocycles. The second kappa shape index (κ2) is 6.57. The first-order valence-electron chi connectivity index (χ1n) is 8.59. The van der Waals surface area contributed by atoms with E-state index in [9.17, 15) is 13.2 Å². The fourth-order valence-corrected chi connectivity index (χ4v) is 4.84. The molecule has 2 fully saturated rings. The van der Waals surface area contributed by atoms with Crippen molar-refractivity contribution in [3.8, 4) is 0 Å². The topological polar surface area (TPSA) is 69.7 Å². The molecule has 136 valence electrons. The predicted octanol–water partition coefficient (Wildman–Crippen LogP) is 3.52. The second-order valence-corrected chi connectivity index (χ2v) is 8.78. The summed E-state index contributed by atoms with van der Waals surface area (Å²) < 4.78 is 36.6. The molecule has 0 amide bonds. The van der Waals surface area contributed by atoms with E-state index < -0.39 is 21.8 Å². The summed E-state index contributed by atoms with van der Waals surface area (Å²) in [5.74, 6) is -0.113. The summed E-state index contributed by atoms with van der Waals surface area (Å²) in [6.45, 7) is 7.83. The number of aryl methyl sites for hydroxylation is 1. The molecule has 1 saturated heterocycles. The summed E-state index contributed by atoms with van der Waals surface area (Å²) >= 11 is 0. The van der Waals surface area contributed by atoms with Crippen molar-refractivity contribution in [3.05, 3.63) is 42.0 Å². The van der Waals surface area contributed by atoms with Gasteiger partial charge in [0.15, 0.2) is 0 Å². The lowest BCUT2D eigenvalue weighted by Crippen LogP contribution is -2.49. The van der Waals surface area contributed by atoms with Gasteiger partial charge in [0.1, 0.15) is 11.7 Å². The largest absolute Gasteiger partial charge is 0.456 e. The lowest BCUT2D eigenvalue weighted by molar-refractivity contribution is -0.162. The third-order valence-electron chi connectivity index (χ3n) is 5.32. The van der Waals surface area contributed by atoms with Gasteiger partial charge in [-0.25, -0.2) is 0 Å². The van der Waals surface area contributed by atoms with Crippen molar-refractivity contribution in [2.75, 3.05) is 0 Å². The van der Waals surface area contributed by atoms with E-state index in [0.717, 1.165) is 17.6 Å². The van der Waals surface area contributed by atoms with Gasteiger partial charge in [-0.15, -0.1) is 0 Å². The van der Waals surface area contributed by atoms with E-state index in [4.69, 9.17) is 8.92 Å². The molecule has 0 unspecified atom stereocenters. The molecule has 1 aliphatic carbocycles. The van der Waals surface area contributed by atoms with Crippen LogP contribution in [0, 0.1) is 12.8 Å². The Hall–Kier alpha value is -1.66. The Bertz CT molecular complexity index is 781. The van der Waals surface area contributed by atoms with Crippen LogP contribution in [-0.2, 0) is 23.8 Å². The van der Waals surface area contributed by atoms with E-state index in [1.54, 1.807) is 12.1 Å². The van der Waals surface area contributed by atoms with Crippen LogP contribution in [0.15, 0.2) is 41.3 Å². The van der Waals surface area contributed by atoms with Crippen LogP contribution in [0.5, 0.6) is 0 Å². The standard InChI is InChI=1S/C19H24O5S/c1-13(2)15-8-10-19(11-9-18(20)23-19)17(12-15)24-25(21,22)16-6-4-14(3)5-7-16/h4-7,15,17H,1,8-12H2,2-3H3/t15-,17+,19-/m1/s1. The van der Waals surface area contributed by atoms with Crippen LogP contribution in [0.2, 0.25) is 0 Å². The monoisotopic (exact) mass is 364 g/mol. The zero-order valence-electron chi connectivity index (χ0n) is 14.7. The minimum atomic E-state index is -3.93. The second-order valence-electron chi connectivity index (χ2n) is 7.21. The first-order valence-corrected chi connectivity index (χ1v) is 10.00. The fraction of sp³-hybridized carbons (Fsp3) is 0.526. The van der Waals surface area contributed by atoms with Crippen LogP contribution in [0.4, 0.5) is 0 Å². The maximum atomic E-state index is 12.7. The smallest absolute Gasteiger partial charge is 0.306 e. The molecule has 0 bridgehead atoms. The Morgan fingerprint density at radius 2 is 1.96 bits per heavy atom. The molecule has 1 aromatic carbocycles. The number of rotatable bonds is 4. The van der Waals surface area contributed by atoms with Crippen molar-refractivity contribution < 1.29 is 22.1 Å². The molecule has 0 N–H and O–H groups in total. The zero-order chi connectivity index (χ0) is 18.2. The molecule has 1 heterocycles. The van der Waals surface area contributed by atoms with Crippen molar-refractivity contribution in [2.45, 2.75) is 62.6 Å². The normalized spacial score (nSPS) is 29.6. The van der Waals surface area contributed by atoms with E-state index >= 15 is 0 Å². The van der Waals surface area contributed by atoms with Gasteiger partial charge in [-0.1, -0.05) is 29.8 Å². The average Bonchev–Trinajstić information content (AvgIpc) is 2.91. The number of esters is 1. The number of allylic oxidation sites excluding steroid dienone is 1. The number of ether oxygens (including phenoxy) is 1. The third-order valence-corrected chi connectivity index (χ3v) is 6.66. The Morgan fingerprint density at radius 3 is 2.52 bits per heavy atom. The molecule has 1 aromatic rings. The predicted molar refractivity (Wildman–Crippen MR) is 93.4 cm³/mol. The molecule has 5 nitrogen and oxygen atoms in total. The van der Waals surface area contributed by atoms with Gasteiger partial charge in [0.2, 0.25) is 0 Å². The van der Waals surface area contributed by atoms with Gasteiger partial charge in [-0.2, -0.15) is 8.42 Å². The molecule has 1 aliphatic heterocycles. The lowest BCUT2D eigenvalue weighted by Gasteiger charge is -2.42. The minimum Gasteiger partial charge on any atom is -0.456 e. The molecule has 3 rings (SSSR count). The van der Waals surface area contributed by atoms with Gasteiger partial charge in [0.25, 0.3) is 10.1 Å². The Balaban J connectivity index is 1.88. The first-order chi connectivity index (χ1) is 11.7. The summed E-state index contributed by atoms with van der Waals surface area (Å²) in [5.41, 5.74) is 1.14. The van der Waals surface area contributed by atoms with Crippen molar-refractivity contribution in [1.29, 1.82) is 0 Å². The van der Waals surface area contributed by atoms with E-state index in [0.29, 0.717) is 25.7 Å². The van der Waals surface area contributed by atoms with Gasteiger partial charge in [-0.05, 0) is 51.2 Å². The summed E-state index contributed by atoms with van der Waals surface area (Å²) in [5, 5.41) is 0. The van der Waals surface area contributed by atoms with Crippen molar-refractivity contribution in [3.63, 3.8) is 0 Å². The van der Waals surface area contributed by atoms with Crippen LogP contribution < -0.4 is 0 Å². The highest BCUT2D eigenvalue weighted by atomic mass is 32.2. The van der Waals surface area contributed by atoms with Crippen molar-refractivity contribution >= 4 is 16.1 Å². The van der Waals surface area contributed by atoms with Crippen molar-refractivity contribution in [1.82, 2.24) is 0 Å². The molecule has 0 radical (unpaired) electrons. The van der Waals surface area contributed by atoms with Crippen LogP contribution in [0.25, 0.3) is 0 Å². The molecule has 6 heteroatoms. The van der Waals surface area contributed by atoms with Crippen LogP contribution >= 0.6 is 0 Å². The molecule has 2 aliphatic rings. The number of benzene rings is 1. The highest BCUT2D eigenvalue weighted by Crippen LogP contribution is 2.46. The summed E-state index contributed by atoms with van der Waals surface area (Å²) in [7, 11) is -3.93. The maximum Gasteiger partial charge on any atom is 0.306 e. The Kier molecular flexibility index (Phi) is 4.77. The fourth-order valence-electron chi connectivity index (χ4n) is 3.70. The number of carbonyl (C=O) groups excluding carboxylic acids is 1. The highest BCUT2D eigenvalue weighted by molar-refractivity contribution is 7.86. The lowest BCUT2D eigenvalue weighted by atomic mass is 9.73. The van der Waals surface area contributed by atoms with Crippen LogP contribution in [0.3, 0.4) is 0 Å². The Labute approximate surface area is 149 Å². The summed E-state index contributed by atoms with van der Waals surface area (Å²) in [6.07, 6.45) is 2.05. The van der Waals surface area contributed by atoms with Gasteiger partial charge in [0.05, 0.1) is 4.90 Å². The zero-order valence-corrected chi connectivity index (χ0v) is 15.5. The van der Waals surface area contributed by atoms with E-state index in [-0.39, 0.29) is 16.8 Å². The van der Waals surface area contributed by atoms with Gasteiger partial charge >= 0.3 is 5.97 Å². The van der Waals surface area contributed by atoms with Crippen LogP contribution in [0.1, 0.15) is 44.6 Å². The molecule has 1 spiro atoms. The van der Waals surface area contributed by atoms with Crippen LogP contribution in [-0.4, -0.2) is 26.1 Å². The molecular formula is C19H24O5S. The first kappa shape index (κ1) is 18.1. The summed E-state index contributed by atoms with van der Waals surface area (Å²) in [6, 6.07) is 6.55. The van der Waals surface area contributed by atoms with E-state index in [1.807, 2.05) is 13.8 Å². The highest BCUT2D eigenvalue weighted by Gasteiger charge is 2.52. The Morgan fingerprint density at radius 1 is 1.28 bits per heavy atom. The van der Waals surface area contributed by atoms with Gasteiger partial charge in [0, 0.05) is 12.8 Å². The van der Waals surface area contributed by atoms with Gasteiger partial charge < -0.3 is 4.74 Å². The number of carbonyl (C=O) groups is 1. The van der Waals surface area contributed by atoms with E-state index in [1.165, 1.54) is 12.1 Å². The molecule has 3 atom stereocenters. The number of hydrogen-bond acceptors (Lipinski definition) is 5. The van der Waals surface area contributed by atoms with Gasteiger partial charge in [-0.3, -0.25) is 8.98 Å². The molecular weight excluding hydrogens is 340 g/mol. The maximum absolute atomic E-state index is 12.7. The number of hydrogen-bond donors (Lipinski definition) is 0. The summed E-state index contributed by atoms with van der Waals surface area (Å²) in [4.78, 5) is 11.8. The molecule has 25 heavy (non-hydrogen) atoms. The quantitative estimate of drug-likeness (QED) is 0.464. The third kappa shape index (κ3) is 3.65. The van der Waals surface area contributed by atoms with E-state index in [2.05, 4.69) is 6.58 Å². The average molecular weight is 364 g/mol. The minimum absolute atomic E-state index is 0.120. The van der Waals surface area contributed by atoms with Crippen molar-refractivity contribution in [2.24, 2.45) is 5.92 Å².